The van der Waals surface area contributed by atoms with Gasteiger partial charge in [-0.2, -0.15) is 4.31 Å². The number of guanidine groups is 1. The van der Waals surface area contributed by atoms with Crippen molar-refractivity contribution in [2.75, 3.05) is 19.6 Å². The molecule has 0 aliphatic carbocycles. The Morgan fingerprint density at radius 2 is 1.90 bits per heavy atom. The molecule has 160 valence electrons. The predicted octanol–water partition coefficient (Wildman–Crippen LogP) is 3.11. The van der Waals surface area contributed by atoms with Gasteiger partial charge < -0.3 is 10.6 Å². The lowest BCUT2D eigenvalue weighted by atomic mass is 10.2. The van der Waals surface area contributed by atoms with Crippen molar-refractivity contribution in [3.8, 4) is 0 Å². The number of halogens is 1. The summed E-state index contributed by atoms with van der Waals surface area (Å²) in [6.07, 6.45) is 3.74. The number of aliphatic imine (C=N–C) groups is 1. The highest BCUT2D eigenvalue weighted by atomic mass is 127. The van der Waals surface area contributed by atoms with Crippen LogP contribution >= 0.6 is 35.3 Å². The number of hydrogen-bond acceptors (Lipinski definition) is 5. The normalized spacial score (nSPS) is 15.2. The van der Waals surface area contributed by atoms with Crippen molar-refractivity contribution < 1.29 is 8.42 Å². The van der Waals surface area contributed by atoms with Crippen LogP contribution in [-0.2, 0) is 23.1 Å². The van der Waals surface area contributed by atoms with E-state index in [2.05, 4.69) is 20.6 Å². The Kier molecular flexibility index (Phi) is 9.31. The van der Waals surface area contributed by atoms with E-state index in [-0.39, 0.29) is 24.0 Å². The highest BCUT2D eigenvalue weighted by Gasteiger charge is 2.26. The molecule has 2 aromatic rings. The maximum Gasteiger partial charge on any atom is 0.243 e. The molecule has 1 aromatic carbocycles. The van der Waals surface area contributed by atoms with E-state index in [1.165, 1.54) is 4.88 Å². The number of sulfonamides is 1. The molecule has 1 fully saturated rings. The summed E-state index contributed by atoms with van der Waals surface area (Å²) in [5.74, 6) is 0.712. The lowest BCUT2D eigenvalue weighted by Gasteiger charge is -2.15. The second-order valence-electron chi connectivity index (χ2n) is 6.67. The van der Waals surface area contributed by atoms with Crippen LogP contribution in [-0.4, -0.2) is 43.3 Å². The molecule has 0 spiro atoms. The molecule has 0 amide bonds. The minimum atomic E-state index is -3.37. The van der Waals surface area contributed by atoms with Gasteiger partial charge in [0, 0.05) is 30.7 Å². The third-order valence-corrected chi connectivity index (χ3v) is 7.29. The van der Waals surface area contributed by atoms with Gasteiger partial charge in [0.15, 0.2) is 5.96 Å². The van der Waals surface area contributed by atoms with Crippen LogP contribution in [0, 0.1) is 6.92 Å². The maximum absolute atomic E-state index is 12.6. The molecule has 10 heteroatoms. The van der Waals surface area contributed by atoms with Crippen LogP contribution in [0.1, 0.15) is 35.2 Å². The Bertz CT molecular complexity index is 907. The number of nitrogens with one attached hydrogen (secondary N) is 2. The number of aromatic nitrogens is 1. The van der Waals surface area contributed by atoms with Gasteiger partial charge in [-0.05, 0) is 44.4 Å². The summed E-state index contributed by atoms with van der Waals surface area (Å²) < 4.78 is 26.7. The van der Waals surface area contributed by atoms with Gasteiger partial charge >= 0.3 is 0 Å². The molecule has 29 heavy (non-hydrogen) atoms. The minimum Gasteiger partial charge on any atom is -0.357 e. The van der Waals surface area contributed by atoms with Gasteiger partial charge in [-0.15, -0.1) is 35.3 Å². The fraction of sp³-hybridized carbons (Fsp3) is 0.474. The zero-order valence-electron chi connectivity index (χ0n) is 16.7. The van der Waals surface area contributed by atoms with Crippen LogP contribution in [0.25, 0.3) is 0 Å². The summed E-state index contributed by atoms with van der Waals surface area (Å²) in [6, 6.07) is 7.02. The van der Waals surface area contributed by atoms with Gasteiger partial charge in [-0.3, -0.25) is 0 Å². The number of thiazole rings is 1. The van der Waals surface area contributed by atoms with E-state index in [9.17, 15) is 8.42 Å². The van der Waals surface area contributed by atoms with Crippen molar-refractivity contribution in [1.82, 2.24) is 19.9 Å². The first-order valence-electron chi connectivity index (χ1n) is 9.51. The fourth-order valence-corrected chi connectivity index (χ4v) is 5.24. The van der Waals surface area contributed by atoms with E-state index in [1.807, 2.05) is 32.2 Å². The number of nitrogens with zero attached hydrogens (tertiary/aromatic N) is 3. The molecule has 2 heterocycles. The topological polar surface area (TPSA) is 86.7 Å². The Morgan fingerprint density at radius 1 is 1.21 bits per heavy atom. The lowest BCUT2D eigenvalue weighted by Crippen LogP contribution is -2.36. The number of aryl methyl sites for hydroxylation is 1. The molecule has 1 aromatic heterocycles. The molecule has 1 saturated heterocycles. The van der Waals surface area contributed by atoms with E-state index in [0.717, 1.165) is 30.0 Å². The Labute approximate surface area is 194 Å². The summed E-state index contributed by atoms with van der Waals surface area (Å²) in [5.41, 5.74) is 0.961. The van der Waals surface area contributed by atoms with Crippen LogP contribution in [0.4, 0.5) is 0 Å². The van der Waals surface area contributed by atoms with Crippen LogP contribution in [0.2, 0.25) is 0 Å². The quantitative estimate of drug-likeness (QED) is 0.315. The van der Waals surface area contributed by atoms with E-state index >= 15 is 0 Å². The zero-order chi connectivity index (χ0) is 20.0. The third-order valence-electron chi connectivity index (χ3n) is 4.47. The Morgan fingerprint density at radius 3 is 2.48 bits per heavy atom. The van der Waals surface area contributed by atoms with Crippen LogP contribution in [0.15, 0.2) is 40.4 Å². The molecule has 0 atom stereocenters. The third kappa shape index (κ3) is 6.63. The second kappa shape index (κ2) is 11.2. The van der Waals surface area contributed by atoms with Gasteiger partial charge in [-0.1, -0.05) is 12.1 Å². The van der Waals surface area contributed by atoms with E-state index in [4.69, 9.17) is 0 Å². The average molecular weight is 550 g/mol. The molecule has 7 nitrogen and oxygen atoms in total. The van der Waals surface area contributed by atoms with E-state index in [1.54, 1.807) is 27.8 Å². The van der Waals surface area contributed by atoms with Gasteiger partial charge in [0.05, 0.1) is 18.0 Å². The largest absolute Gasteiger partial charge is 0.357 e. The van der Waals surface area contributed by atoms with Crippen LogP contribution in [0.3, 0.4) is 0 Å². The number of rotatable bonds is 7. The van der Waals surface area contributed by atoms with Crippen LogP contribution in [0.5, 0.6) is 0 Å². The molecule has 0 bridgehead atoms. The fourth-order valence-electron chi connectivity index (χ4n) is 3.00. The molecular formula is C19H28IN5O2S2. The number of benzene rings is 1. The SMILES string of the molecule is CCNC(=NCc1ccc(S(=O)(=O)N2CCCC2)cc1)NCc1ncc(C)s1.I. The van der Waals surface area contributed by atoms with Gasteiger partial charge in [0.1, 0.15) is 5.01 Å². The lowest BCUT2D eigenvalue weighted by molar-refractivity contribution is 0.477. The van der Waals surface area contributed by atoms with E-state index < -0.39 is 10.0 Å². The zero-order valence-corrected chi connectivity index (χ0v) is 20.7. The highest BCUT2D eigenvalue weighted by molar-refractivity contribution is 14.0. The molecule has 1 aliphatic rings. The smallest absolute Gasteiger partial charge is 0.243 e. The van der Waals surface area contributed by atoms with Gasteiger partial charge in [0.25, 0.3) is 0 Å². The average Bonchev–Trinajstić information content (AvgIpc) is 3.36. The molecule has 0 radical (unpaired) electrons. The van der Waals surface area contributed by atoms with Crippen molar-refractivity contribution in [3.05, 3.63) is 45.9 Å². The Hall–Kier alpha value is -1.24. The summed E-state index contributed by atoms with van der Waals surface area (Å²) in [6.45, 7) is 7.13. The Balaban J connectivity index is 0.00000300. The summed E-state index contributed by atoms with van der Waals surface area (Å²) >= 11 is 1.66. The second-order valence-corrected chi connectivity index (χ2v) is 9.93. The summed E-state index contributed by atoms with van der Waals surface area (Å²) in [5, 5.41) is 7.51. The molecular weight excluding hydrogens is 521 g/mol. The van der Waals surface area contributed by atoms with E-state index in [0.29, 0.717) is 37.0 Å². The van der Waals surface area contributed by atoms with Crippen molar-refractivity contribution in [1.29, 1.82) is 0 Å². The molecule has 0 unspecified atom stereocenters. The highest BCUT2D eigenvalue weighted by Crippen LogP contribution is 2.21. The van der Waals surface area contributed by atoms with Crippen molar-refractivity contribution >= 4 is 51.3 Å². The minimum absolute atomic E-state index is 0. The van der Waals surface area contributed by atoms with Crippen molar-refractivity contribution in [2.24, 2.45) is 4.99 Å². The first-order chi connectivity index (χ1) is 13.5. The summed E-state index contributed by atoms with van der Waals surface area (Å²) in [4.78, 5) is 10.5. The molecule has 1 aliphatic heterocycles. The van der Waals surface area contributed by atoms with Crippen LogP contribution < -0.4 is 10.6 Å². The molecule has 0 saturated carbocycles. The van der Waals surface area contributed by atoms with Gasteiger partial charge in [-0.25, -0.2) is 18.4 Å². The van der Waals surface area contributed by atoms with Crippen molar-refractivity contribution in [3.63, 3.8) is 0 Å². The number of hydrogen-bond donors (Lipinski definition) is 2. The monoisotopic (exact) mass is 549 g/mol. The molecule has 2 N–H and O–H groups in total. The first kappa shape index (κ1) is 24.0. The standard InChI is InChI=1S/C19H27N5O2S2.HI/c1-3-20-19(23-14-18-21-12-15(2)27-18)22-13-16-6-8-17(9-7-16)28(25,26)24-10-4-5-11-24;/h6-9,12H,3-5,10-11,13-14H2,1-2H3,(H2,20,22,23);1H. The predicted molar refractivity (Wildman–Crippen MR) is 128 cm³/mol. The first-order valence-corrected chi connectivity index (χ1v) is 11.8. The maximum atomic E-state index is 12.6. The molecule has 3 rings (SSSR count). The summed E-state index contributed by atoms with van der Waals surface area (Å²) in [7, 11) is -3.37. The van der Waals surface area contributed by atoms with Crippen molar-refractivity contribution in [2.45, 2.75) is 44.7 Å². The van der Waals surface area contributed by atoms with Gasteiger partial charge in [0.2, 0.25) is 10.0 Å².